The summed E-state index contributed by atoms with van der Waals surface area (Å²) >= 11 is 0. The second-order valence-corrected chi connectivity index (χ2v) is 8.51. The number of carbonyl (C=O) groups is 3. The van der Waals surface area contributed by atoms with Gasteiger partial charge in [-0.25, -0.2) is 9.59 Å². The van der Waals surface area contributed by atoms with Gasteiger partial charge in [0.05, 0.1) is 75.1 Å². The Morgan fingerprint density at radius 2 is 1.12 bits per heavy atom. The van der Waals surface area contributed by atoms with E-state index in [4.69, 9.17) is 0 Å². The number of carboxylic acids is 1. The van der Waals surface area contributed by atoms with Crippen molar-refractivity contribution in [2.24, 2.45) is 0 Å². The third kappa shape index (κ3) is 65.2. The van der Waals surface area contributed by atoms with E-state index in [-0.39, 0.29) is 29.9 Å². The maximum absolute atomic E-state index is 10.2. The van der Waals surface area contributed by atoms with E-state index in [1.165, 1.54) is 27.1 Å². The number of esters is 2. The van der Waals surface area contributed by atoms with Gasteiger partial charge in [-0.1, -0.05) is 19.7 Å². The van der Waals surface area contributed by atoms with Gasteiger partial charge in [0.2, 0.25) is 0 Å². The molecule has 0 spiro atoms. The van der Waals surface area contributed by atoms with E-state index in [1.54, 1.807) is 13.8 Å². The molecule has 0 fully saturated rings. The first-order chi connectivity index (χ1) is 14.3. The van der Waals surface area contributed by atoms with Crippen molar-refractivity contribution in [3.8, 4) is 0 Å². The van der Waals surface area contributed by atoms with Crippen LogP contribution < -0.4 is 17.5 Å². The molecule has 0 unspecified atom stereocenters. The first-order valence-corrected chi connectivity index (χ1v) is 10.3. The average Bonchev–Trinajstić information content (AvgIpc) is 2.68. The third-order valence-corrected chi connectivity index (χ3v) is 3.23. The molecule has 0 heterocycles. The molecule has 0 rings (SSSR count). The summed E-state index contributed by atoms with van der Waals surface area (Å²) < 4.78 is 10.8. The molecule has 0 bridgehead atoms. The fourth-order valence-electron chi connectivity index (χ4n) is 0.375. The molecule has 0 amide bonds. The Hall–Kier alpha value is -2.16. The molecule has 0 atom stereocenters. The molecule has 33 heavy (non-hydrogen) atoms. The lowest BCUT2D eigenvalue weighted by atomic mass is 10.4. The summed E-state index contributed by atoms with van der Waals surface area (Å²) in [5, 5.41) is 9.49. The molecular weight excluding hydrogens is 448 g/mol. The zero-order valence-electron chi connectivity index (χ0n) is 23.0. The van der Waals surface area contributed by atoms with Crippen molar-refractivity contribution >= 4 is 17.9 Å². The molecule has 0 aliphatic heterocycles. The number of aliphatic carboxylic acids is 1. The monoisotopic (exact) mass is 496 g/mol. The Kier molecular flexibility index (Phi) is 35.2. The van der Waals surface area contributed by atoms with Crippen LogP contribution in [0, 0.1) is 0 Å². The lowest BCUT2D eigenvalue weighted by molar-refractivity contribution is -0.868. The third-order valence-electron chi connectivity index (χ3n) is 3.23. The number of quaternary nitrogens is 2. The highest BCUT2D eigenvalue weighted by Gasteiger charge is 1.98. The average molecular weight is 497 g/mol. The maximum Gasteiger partial charge on any atom is 0.332 e. The summed E-state index contributed by atoms with van der Waals surface area (Å²) in [4.78, 5) is 29.7. The van der Waals surface area contributed by atoms with Gasteiger partial charge in [0.15, 0.2) is 0 Å². The highest BCUT2D eigenvalue weighted by atomic mass is 35.5. The topological polar surface area (TPSA) is 92.7 Å². The lowest BCUT2D eigenvalue weighted by Crippen LogP contribution is -3.00. The maximum atomic E-state index is 10.2. The van der Waals surface area contributed by atoms with E-state index in [9.17, 15) is 19.5 Å². The second-order valence-electron chi connectivity index (χ2n) is 8.51. The summed E-state index contributed by atoms with van der Waals surface area (Å²) in [6, 6.07) is 0. The summed E-state index contributed by atoms with van der Waals surface area (Å²) in [5.74, 6) is -1.89. The summed E-state index contributed by atoms with van der Waals surface area (Å²) in [5.41, 5.74) is 0.498. The van der Waals surface area contributed by atoms with Crippen LogP contribution in [-0.2, 0) is 23.9 Å². The number of rotatable bonds is 6. The molecule has 8 nitrogen and oxygen atoms in total. The van der Waals surface area contributed by atoms with Gasteiger partial charge in [0.25, 0.3) is 0 Å². The van der Waals surface area contributed by atoms with Gasteiger partial charge in [-0.2, -0.15) is 0 Å². The number of halogens is 1. The molecule has 0 saturated carbocycles. The van der Waals surface area contributed by atoms with Gasteiger partial charge >= 0.3 is 11.9 Å². The fraction of sp³-hybridized carbons (Fsp3) is 0.625. The van der Waals surface area contributed by atoms with Crippen molar-refractivity contribution < 1.29 is 50.3 Å². The zero-order valence-corrected chi connectivity index (χ0v) is 23.8. The van der Waals surface area contributed by atoms with E-state index in [1.807, 2.05) is 0 Å². The number of methoxy groups -OCH3 is 1. The van der Waals surface area contributed by atoms with E-state index >= 15 is 0 Å². The van der Waals surface area contributed by atoms with E-state index < -0.39 is 5.97 Å². The highest BCUT2D eigenvalue weighted by Crippen LogP contribution is 1.87. The van der Waals surface area contributed by atoms with Crippen LogP contribution in [0.2, 0.25) is 0 Å². The van der Waals surface area contributed by atoms with Gasteiger partial charge in [0, 0.05) is 11.6 Å². The molecule has 0 aromatic heterocycles. The van der Waals surface area contributed by atoms with Gasteiger partial charge in [-0.3, -0.25) is 0 Å². The number of ether oxygens (including phenoxy) is 2. The van der Waals surface area contributed by atoms with Crippen LogP contribution in [0.5, 0.6) is 0 Å². The predicted octanol–water partition coefficient (Wildman–Crippen LogP) is -0.788. The minimum atomic E-state index is -1.19. The van der Waals surface area contributed by atoms with Crippen LogP contribution in [0.3, 0.4) is 0 Å². The Morgan fingerprint density at radius 1 is 0.848 bits per heavy atom. The molecule has 0 radical (unpaired) electrons. The van der Waals surface area contributed by atoms with Crippen molar-refractivity contribution in [3.63, 3.8) is 0 Å². The summed E-state index contributed by atoms with van der Waals surface area (Å²) in [6.45, 7) is 21.6. The largest absolute Gasteiger partial charge is 1.00 e. The molecule has 0 aromatic rings. The number of nitrogens with zero attached hydrogens (tertiary/aromatic N) is 2. The molecule has 9 heteroatoms. The van der Waals surface area contributed by atoms with E-state index in [0.29, 0.717) is 12.2 Å². The number of hydrogen-bond acceptors (Lipinski definition) is 6. The van der Waals surface area contributed by atoms with Crippen LogP contribution in [0.1, 0.15) is 34.6 Å². The molecule has 0 N–H and O–H groups in total. The molecule has 0 aliphatic carbocycles. The standard InChI is InChI=1S/2C5H14N.2C5H8O2.C4H6O2.ClH/c2*1-5-6(2,3)4;1-4(2)5(6)7-3;1-3-5(6)7-4-2;1-3(2)4(5)6;/h2*5H2,1-4H3;1H2,2-3H3;3H,1,4H2,2H3;1H2,2H3,(H,5,6);1H/q2*+1;;;;/p-2. The minimum absolute atomic E-state index is 0. The Balaban J connectivity index is -0.0000000687. The molecular formula is C24H49ClN2O6. The Morgan fingerprint density at radius 3 is 1.15 bits per heavy atom. The van der Waals surface area contributed by atoms with Gasteiger partial charge in [-0.15, -0.1) is 0 Å². The van der Waals surface area contributed by atoms with E-state index in [0.717, 1.165) is 15.0 Å². The highest BCUT2D eigenvalue weighted by molar-refractivity contribution is 5.86. The lowest BCUT2D eigenvalue weighted by Gasteiger charge is -2.20. The van der Waals surface area contributed by atoms with Crippen LogP contribution in [0.4, 0.5) is 0 Å². The SMILES string of the molecule is C=C(C)C(=O)OC.C=C(C)C(=O)[O-].C=CC(=O)OCC.CC[N+](C)(C)C.CC[N+](C)(C)C.[Cl-]. The fourth-order valence-corrected chi connectivity index (χ4v) is 0.375. The minimum Gasteiger partial charge on any atom is -1.00 e. The van der Waals surface area contributed by atoms with Crippen molar-refractivity contribution in [2.75, 3.05) is 69.1 Å². The molecule has 0 aromatic carbocycles. The smallest absolute Gasteiger partial charge is 0.332 e. The van der Waals surface area contributed by atoms with Crippen LogP contribution in [0.25, 0.3) is 0 Å². The first-order valence-electron chi connectivity index (χ1n) is 10.3. The molecule has 0 saturated heterocycles. The Bertz CT molecular complexity index is 534. The molecule has 198 valence electrons. The second kappa shape index (κ2) is 26.1. The van der Waals surface area contributed by atoms with Crippen molar-refractivity contribution in [3.05, 3.63) is 37.0 Å². The molecule has 0 aliphatic rings. The first kappa shape index (κ1) is 44.5. The van der Waals surface area contributed by atoms with Crippen molar-refractivity contribution in [2.45, 2.75) is 34.6 Å². The van der Waals surface area contributed by atoms with Gasteiger partial charge < -0.3 is 40.7 Å². The summed E-state index contributed by atoms with van der Waals surface area (Å²) in [6.07, 6.45) is 1.14. The normalized spacial score (nSPS) is 8.97. The van der Waals surface area contributed by atoms with Gasteiger partial charge in [-0.05, 0) is 40.2 Å². The quantitative estimate of drug-likeness (QED) is 0.272. The van der Waals surface area contributed by atoms with Crippen LogP contribution in [0.15, 0.2) is 37.0 Å². The van der Waals surface area contributed by atoms with Crippen molar-refractivity contribution in [1.82, 2.24) is 0 Å². The van der Waals surface area contributed by atoms with Gasteiger partial charge in [0.1, 0.15) is 0 Å². The van der Waals surface area contributed by atoms with E-state index in [2.05, 4.69) is 85.3 Å². The number of carboxylic acid groups (broad SMARTS) is 1. The summed E-state index contributed by atoms with van der Waals surface area (Å²) in [7, 11) is 14.4. The Labute approximate surface area is 209 Å². The number of hydrogen-bond donors (Lipinski definition) is 0. The zero-order chi connectivity index (χ0) is 27.1. The number of carbonyl (C=O) groups excluding carboxylic acids is 3. The predicted molar refractivity (Wildman–Crippen MR) is 131 cm³/mol. The van der Waals surface area contributed by atoms with Crippen LogP contribution in [-0.4, -0.2) is 96.0 Å². The van der Waals surface area contributed by atoms with Crippen molar-refractivity contribution in [1.29, 1.82) is 0 Å². The van der Waals surface area contributed by atoms with Crippen LogP contribution >= 0.6 is 0 Å².